The maximum absolute atomic E-state index is 12.6. The summed E-state index contributed by atoms with van der Waals surface area (Å²) in [5, 5.41) is 0. The van der Waals surface area contributed by atoms with Gasteiger partial charge in [0.2, 0.25) is 11.4 Å². The lowest BCUT2D eigenvalue weighted by molar-refractivity contribution is -0.683. The van der Waals surface area contributed by atoms with Crippen molar-refractivity contribution >= 4 is 22.9 Å². The quantitative estimate of drug-likeness (QED) is 0.0860. The van der Waals surface area contributed by atoms with Gasteiger partial charge in [-0.3, -0.25) is 4.79 Å². The van der Waals surface area contributed by atoms with E-state index in [4.69, 9.17) is 4.74 Å². The summed E-state index contributed by atoms with van der Waals surface area (Å²) in [6.07, 6.45) is 22.1. The van der Waals surface area contributed by atoms with Gasteiger partial charge in [-0.05, 0) is 49.6 Å². The van der Waals surface area contributed by atoms with Crippen LogP contribution in [0.15, 0.2) is 60.2 Å². The van der Waals surface area contributed by atoms with Crippen LogP contribution in [0.5, 0.6) is 5.75 Å². The number of thiazole rings is 1. The van der Waals surface area contributed by atoms with Crippen molar-refractivity contribution in [3.63, 3.8) is 0 Å². The number of amides is 1. The average molecular weight is 592 g/mol. The minimum Gasteiger partial charge on any atom is -0.494 e. The highest BCUT2D eigenvalue weighted by Gasteiger charge is 2.14. The van der Waals surface area contributed by atoms with Crippen molar-refractivity contribution in [1.82, 2.24) is 0 Å². The van der Waals surface area contributed by atoms with E-state index in [2.05, 4.69) is 60.5 Å². The van der Waals surface area contributed by atoms with Gasteiger partial charge in [-0.2, -0.15) is 4.57 Å². The number of carbonyl (C=O) groups is 1. The van der Waals surface area contributed by atoms with E-state index in [0.29, 0.717) is 6.54 Å². The average Bonchev–Trinajstić information content (AvgIpc) is 3.39. The zero-order chi connectivity index (χ0) is 29.8. The molecule has 1 heterocycles. The molecule has 0 saturated carbocycles. The number of hydrogen-bond donors (Lipinski definition) is 0. The summed E-state index contributed by atoms with van der Waals surface area (Å²) in [6.45, 7) is 8.29. The zero-order valence-electron chi connectivity index (χ0n) is 26.6. The molecule has 0 fully saturated rings. The monoisotopic (exact) mass is 591 g/mol. The summed E-state index contributed by atoms with van der Waals surface area (Å²) < 4.78 is 8.28. The smallest absolute Gasteiger partial charge is 0.225 e. The minimum absolute atomic E-state index is 0.0661. The van der Waals surface area contributed by atoms with Crippen LogP contribution in [0.4, 0.5) is 5.69 Å². The summed E-state index contributed by atoms with van der Waals surface area (Å²) in [7, 11) is 0. The van der Waals surface area contributed by atoms with Crippen molar-refractivity contribution in [1.29, 1.82) is 0 Å². The summed E-state index contributed by atoms with van der Waals surface area (Å²) in [6, 6.07) is 16.7. The Hall–Kier alpha value is -2.66. The van der Waals surface area contributed by atoms with E-state index >= 15 is 0 Å². The Labute approximate surface area is 260 Å². The molecule has 0 aliphatic carbocycles. The molecule has 0 aliphatic rings. The predicted octanol–water partition coefficient (Wildman–Crippen LogP) is 9.85. The van der Waals surface area contributed by atoms with Gasteiger partial charge in [0.1, 0.15) is 5.75 Å². The summed E-state index contributed by atoms with van der Waals surface area (Å²) in [5.74, 6) is 0.998. The topological polar surface area (TPSA) is 33.4 Å². The third-order valence-electron chi connectivity index (χ3n) is 7.98. The predicted molar refractivity (Wildman–Crippen MR) is 179 cm³/mol. The first-order valence-electron chi connectivity index (χ1n) is 16.6. The number of rotatable bonds is 22. The normalized spacial score (nSPS) is 11.1. The van der Waals surface area contributed by atoms with Crippen molar-refractivity contribution in [2.75, 3.05) is 18.1 Å². The highest BCUT2D eigenvalue weighted by molar-refractivity contribution is 7.09. The van der Waals surface area contributed by atoms with Crippen LogP contribution in [0.1, 0.15) is 120 Å². The molecule has 230 valence electrons. The number of anilines is 1. The van der Waals surface area contributed by atoms with Gasteiger partial charge in [0.15, 0.2) is 12.7 Å². The number of ether oxygens (including phenoxy) is 1. The molecular weight excluding hydrogens is 536 g/mol. The van der Waals surface area contributed by atoms with Gasteiger partial charge in [0.25, 0.3) is 0 Å². The van der Waals surface area contributed by atoms with Gasteiger partial charge in [-0.25, -0.2) is 0 Å². The second-order valence-electron chi connectivity index (χ2n) is 11.8. The van der Waals surface area contributed by atoms with Crippen LogP contribution >= 0.6 is 11.3 Å². The lowest BCUT2D eigenvalue weighted by Gasteiger charge is -2.22. The Kier molecular flexibility index (Phi) is 16.3. The Bertz CT molecular complexity index is 1160. The maximum atomic E-state index is 12.6. The number of carbonyl (C=O) groups excluding carboxylic acids is 1. The molecule has 1 aromatic heterocycles. The molecule has 3 aromatic rings. The molecule has 0 spiro atoms. The number of unbranched alkanes of at least 4 members (excludes halogenated alkanes) is 13. The van der Waals surface area contributed by atoms with Crippen molar-refractivity contribution in [2.24, 2.45) is 0 Å². The van der Waals surface area contributed by atoms with E-state index in [1.165, 1.54) is 99.5 Å². The number of benzene rings is 2. The summed E-state index contributed by atoms with van der Waals surface area (Å²) >= 11 is 1.75. The molecule has 2 aromatic carbocycles. The van der Waals surface area contributed by atoms with Gasteiger partial charge < -0.3 is 9.64 Å². The first-order chi connectivity index (χ1) is 20.5. The lowest BCUT2D eigenvalue weighted by atomic mass is 10.0. The molecule has 0 N–H and O–H groups in total. The van der Waals surface area contributed by atoms with Crippen molar-refractivity contribution in [3.8, 4) is 5.75 Å². The fraction of sp³-hybridized carbons (Fsp3) is 0.568. The number of aryl methyl sites for hydroxylation is 1. The molecule has 0 aliphatic heterocycles. The Morgan fingerprint density at radius 2 is 1.43 bits per heavy atom. The fourth-order valence-corrected chi connectivity index (χ4v) is 6.18. The molecule has 0 unspecified atom stereocenters. The van der Waals surface area contributed by atoms with E-state index in [0.717, 1.165) is 37.4 Å². The van der Waals surface area contributed by atoms with E-state index in [-0.39, 0.29) is 5.91 Å². The van der Waals surface area contributed by atoms with Crippen LogP contribution < -0.4 is 14.2 Å². The number of nitrogens with zero attached hydrogens (tertiary/aromatic N) is 2. The van der Waals surface area contributed by atoms with Crippen LogP contribution in [0.3, 0.4) is 0 Å². The fourth-order valence-electron chi connectivity index (χ4n) is 5.55. The van der Waals surface area contributed by atoms with E-state index in [9.17, 15) is 4.79 Å². The van der Waals surface area contributed by atoms with E-state index < -0.39 is 0 Å². The highest BCUT2D eigenvalue weighted by Crippen LogP contribution is 2.20. The van der Waals surface area contributed by atoms with Crippen LogP contribution in [-0.2, 0) is 17.8 Å². The van der Waals surface area contributed by atoms with Crippen LogP contribution in [0, 0.1) is 6.92 Å². The van der Waals surface area contributed by atoms with Crippen LogP contribution in [0.2, 0.25) is 0 Å². The molecule has 0 bridgehead atoms. The second-order valence-corrected chi connectivity index (χ2v) is 12.9. The third-order valence-corrected chi connectivity index (χ3v) is 8.83. The molecule has 5 heteroatoms. The largest absolute Gasteiger partial charge is 0.494 e. The SMILES string of the molecule is CCCCCCCCCCCCCCCCOc1cccc(CCN(C(C)=O)c2cccc(C[n+]3csc(C)c3)c2)c1. The van der Waals surface area contributed by atoms with Crippen molar-refractivity contribution < 1.29 is 14.1 Å². The number of aromatic nitrogens is 1. The molecule has 42 heavy (non-hydrogen) atoms. The molecule has 1 amide bonds. The Morgan fingerprint density at radius 3 is 2.05 bits per heavy atom. The molecule has 0 saturated heterocycles. The standard InChI is InChI=1S/C37H55N2O2S/c1-4-5-6-7-8-9-10-11-12-13-14-15-16-17-26-41-37-23-19-20-34(28-37)24-25-39(33(3)40)36-22-18-21-35(27-36)30-38-29-32(2)42-31-38/h18-23,27-29,31H,4-17,24-26,30H2,1-3H3/q+1. The summed E-state index contributed by atoms with van der Waals surface area (Å²) in [5.41, 5.74) is 5.48. The van der Waals surface area contributed by atoms with Gasteiger partial charge in [-0.15, -0.1) is 0 Å². The van der Waals surface area contributed by atoms with Crippen molar-refractivity contribution in [3.05, 3.63) is 76.2 Å². The third kappa shape index (κ3) is 13.5. The zero-order valence-corrected chi connectivity index (χ0v) is 27.4. The molecule has 3 rings (SSSR count). The number of hydrogen-bond acceptors (Lipinski definition) is 3. The van der Waals surface area contributed by atoms with Crippen LogP contribution in [-0.4, -0.2) is 19.1 Å². The van der Waals surface area contributed by atoms with Gasteiger partial charge in [0, 0.05) is 24.7 Å². The molecule has 4 nitrogen and oxygen atoms in total. The molecule has 0 radical (unpaired) electrons. The summed E-state index contributed by atoms with van der Waals surface area (Å²) in [4.78, 5) is 15.7. The van der Waals surface area contributed by atoms with E-state index in [1.807, 2.05) is 23.1 Å². The van der Waals surface area contributed by atoms with E-state index in [1.54, 1.807) is 18.3 Å². The van der Waals surface area contributed by atoms with Gasteiger partial charge >= 0.3 is 0 Å². The first kappa shape index (κ1) is 33.8. The highest BCUT2D eigenvalue weighted by atomic mass is 32.1. The first-order valence-corrected chi connectivity index (χ1v) is 17.5. The van der Waals surface area contributed by atoms with Crippen LogP contribution in [0.25, 0.3) is 0 Å². The maximum Gasteiger partial charge on any atom is 0.225 e. The second kappa shape index (κ2) is 20.3. The van der Waals surface area contributed by atoms with Gasteiger partial charge in [-0.1, -0.05) is 126 Å². The molecular formula is C37H55N2O2S+. The molecule has 0 atom stereocenters. The minimum atomic E-state index is 0.0661. The van der Waals surface area contributed by atoms with Gasteiger partial charge in [0.05, 0.1) is 11.5 Å². The Morgan fingerprint density at radius 1 is 0.810 bits per heavy atom. The lowest BCUT2D eigenvalue weighted by Crippen LogP contribution is -2.32. The van der Waals surface area contributed by atoms with Crippen molar-refractivity contribution in [2.45, 2.75) is 124 Å². The Balaban J connectivity index is 1.31.